The zero-order valence-corrected chi connectivity index (χ0v) is 24.4. The van der Waals surface area contributed by atoms with Gasteiger partial charge in [0.05, 0.1) is 0 Å². The molecule has 0 amide bonds. The quantitative estimate of drug-likeness (QED) is 0.177. The van der Waals surface area contributed by atoms with Crippen molar-refractivity contribution in [1.29, 1.82) is 5.26 Å². The van der Waals surface area contributed by atoms with Gasteiger partial charge in [0.1, 0.15) is 0 Å². The molecule has 6 heteroatoms. The Morgan fingerprint density at radius 3 is 2.31 bits per heavy atom. The molecule has 0 aliphatic carbocycles. The normalized spacial score (nSPS) is 13.4. The summed E-state index contributed by atoms with van der Waals surface area (Å²) < 4.78 is 6.43. The Balaban J connectivity index is 1.38. The van der Waals surface area contributed by atoms with Crippen molar-refractivity contribution in [3.05, 3.63) is 93.9 Å². The summed E-state index contributed by atoms with van der Waals surface area (Å²) in [5.74, 6) is 0. The van der Waals surface area contributed by atoms with E-state index in [0.717, 1.165) is 15.2 Å². The molecule has 0 saturated heterocycles. The third-order valence-electron chi connectivity index (χ3n) is 6.16. The second kappa shape index (κ2) is 9.20. The van der Waals surface area contributed by atoms with Gasteiger partial charge in [0.25, 0.3) is 0 Å². The van der Waals surface area contributed by atoms with Crippen molar-refractivity contribution < 1.29 is 0 Å². The number of hydrogen-bond donors (Lipinski definition) is 0. The number of fused-ring (bicyclic) bond motifs is 3. The number of hydrogen-bond acceptors (Lipinski definition) is 4. The van der Waals surface area contributed by atoms with Gasteiger partial charge in [-0.15, -0.1) is 0 Å². The van der Waals surface area contributed by atoms with E-state index in [4.69, 9.17) is 4.98 Å². The molecule has 3 aromatic carbocycles. The molecule has 2 aromatic heterocycles. The summed E-state index contributed by atoms with van der Waals surface area (Å²) in [5, 5.41) is 10.8. The van der Waals surface area contributed by atoms with Gasteiger partial charge >= 0.3 is 229 Å². The van der Waals surface area contributed by atoms with E-state index in [1.807, 2.05) is 6.08 Å². The summed E-state index contributed by atoms with van der Waals surface area (Å²) in [7, 11) is 0. The predicted molar refractivity (Wildman–Crippen MR) is 155 cm³/mol. The molecule has 176 valence electrons. The zero-order chi connectivity index (χ0) is 24.9. The van der Waals surface area contributed by atoms with Crippen molar-refractivity contribution in [2.75, 3.05) is 4.90 Å². The van der Waals surface area contributed by atoms with Crippen molar-refractivity contribution in [2.45, 2.75) is 26.2 Å². The van der Waals surface area contributed by atoms with Gasteiger partial charge in [-0.05, 0) is 0 Å². The van der Waals surface area contributed by atoms with Gasteiger partial charge in [-0.1, -0.05) is 0 Å². The van der Waals surface area contributed by atoms with Crippen LogP contribution < -0.4 is 13.8 Å². The number of anilines is 3. The second-order valence-corrected chi connectivity index (χ2v) is 15.3. The van der Waals surface area contributed by atoms with Crippen LogP contribution in [0.25, 0.3) is 21.9 Å². The molecule has 36 heavy (non-hydrogen) atoms. The van der Waals surface area contributed by atoms with E-state index in [-0.39, 0.29) is 19.9 Å². The minimum absolute atomic E-state index is 0.0816. The number of nitriles is 1. The van der Waals surface area contributed by atoms with Crippen LogP contribution in [0.4, 0.5) is 15.9 Å². The Bertz CT molecular complexity index is 1630. The maximum absolute atomic E-state index is 10.0. The fourth-order valence-electron chi connectivity index (χ4n) is 4.27. The first kappa shape index (κ1) is 23.5. The van der Waals surface area contributed by atoms with Crippen LogP contribution in [-0.2, 0) is 5.41 Å². The van der Waals surface area contributed by atoms with Crippen LogP contribution in [0.1, 0.15) is 35.8 Å². The molecular formula is C30H23N3SSe2. The third-order valence-corrected chi connectivity index (χ3v) is 11.7. The molecule has 1 aliphatic rings. The number of thiazole rings is 1. The molecule has 0 radical (unpaired) electrons. The van der Waals surface area contributed by atoms with Crippen LogP contribution in [0, 0.1) is 11.3 Å². The third kappa shape index (κ3) is 4.28. The van der Waals surface area contributed by atoms with Crippen LogP contribution in [-0.4, -0.2) is 34.4 Å². The van der Waals surface area contributed by atoms with Crippen LogP contribution in [0.15, 0.2) is 78.9 Å². The average molecular weight is 616 g/mol. The minimum atomic E-state index is 0.0816. The monoisotopic (exact) mass is 617 g/mol. The Hall–Kier alpha value is -2.90. The van der Waals surface area contributed by atoms with Crippen LogP contribution >= 0.6 is 11.3 Å². The van der Waals surface area contributed by atoms with E-state index in [0.29, 0.717) is 20.5 Å². The van der Waals surface area contributed by atoms with Gasteiger partial charge in [0.2, 0.25) is 0 Å². The molecule has 1 aliphatic heterocycles. The Kier molecular flexibility index (Phi) is 6.00. The van der Waals surface area contributed by atoms with E-state index in [1.165, 1.54) is 34.9 Å². The summed E-state index contributed by atoms with van der Waals surface area (Å²) in [6.45, 7) is 6.65. The topological polar surface area (TPSA) is 39.9 Å². The number of nitrogens with zero attached hydrogens (tertiary/aromatic N) is 3. The summed E-state index contributed by atoms with van der Waals surface area (Å²) in [5.41, 5.74) is 5.52. The van der Waals surface area contributed by atoms with E-state index >= 15 is 0 Å². The first-order chi connectivity index (χ1) is 17.4. The van der Waals surface area contributed by atoms with Crippen molar-refractivity contribution in [1.82, 2.24) is 4.98 Å². The van der Waals surface area contributed by atoms with E-state index in [1.54, 1.807) is 11.3 Å². The summed E-state index contributed by atoms with van der Waals surface area (Å²) in [6, 6.07) is 30.7. The molecule has 3 heterocycles. The first-order valence-electron chi connectivity index (χ1n) is 11.7. The SMILES string of the molecule is CC(C)(C)c1ccc2nc(/C(C#N)=C/c3ccc(N4c5ccccc5[Se]c5ccccc54)[se]3)sc2c1. The van der Waals surface area contributed by atoms with Gasteiger partial charge in [0, 0.05) is 0 Å². The fourth-order valence-corrected chi connectivity index (χ4v) is 9.52. The predicted octanol–water partition coefficient (Wildman–Crippen LogP) is 6.15. The average Bonchev–Trinajstić information content (AvgIpc) is 3.51. The number of rotatable bonds is 3. The molecule has 0 bridgehead atoms. The van der Waals surface area contributed by atoms with Gasteiger partial charge in [-0.2, -0.15) is 0 Å². The summed E-state index contributed by atoms with van der Waals surface area (Å²) in [6.07, 6.45) is 2.04. The Morgan fingerprint density at radius 2 is 1.64 bits per heavy atom. The molecular weight excluding hydrogens is 592 g/mol. The fraction of sp³-hybridized carbons (Fsp3) is 0.133. The van der Waals surface area contributed by atoms with Gasteiger partial charge in [0.15, 0.2) is 0 Å². The molecule has 0 fully saturated rings. The van der Waals surface area contributed by atoms with Crippen LogP contribution in [0.5, 0.6) is 0 Å². The van der Waals surface area contributed by atoms with Crippen molar-refractivity contribution in [2.24, 2.45) is 0 Å². The Morgan fingerprint density at radius 1 is 0.944 bits per heavy atom. The number of allylic oxidation sites excluding steroid dienone is 1. The number of aromatic nitrogens is 1. The standard InChI is InChI=1S/C30H23N3SSe2/c1-30(2,3)20-12-14-22-25(17-20)34-29(32-22)19(18-31)16-21-13-15-28(35-21)33-23-8-4-6-10-26(23)36-27-11-7-5-9-24(27)33/h4-17H,1-3H3/b19-16+. The van der Waals surface area contributed by atoms with Crippen LogP contribution in [0.3, 0.4) is 0 Å². The van der Waals surface area contributed by atoms with Gasteiger partial charge in [-0.25, -0.2) is 0 Å². The van der Waals surface area contributed by atoms with E-state index in [2.05, 4.69) is 111 Å². The van der Waals surface area contributed by atoms with E-state index < -0.39 is 0 Å². The molecule has 0 saturated carbocycles. The molecule has 0 spiro atoms. The first-order valence-corrected chi connectivity index (χ1v) is 15.9. The molecule has 0 N–H and O–H groups in total. The molecule has 5 aromatic rings. The van der Waals surface area contributed by atoms with Gasteiger partial charge < -0.3 is 0 Å². The van der Waals surface area contributed by atoms with E-state index in [9.17, 15) is 5.26 Å². The maximum atomic E-state index is 10.0. The summed E-state index contributed by atoms with van der Waals surface area (Å²) in [4.78, 5) is 7.22. The second-order valence-electron chi connectivity index (χ2n) is 9.67. The molecule has 0 atom stereocenters. The molecule has 3 nitrogen and oxygen atoms in total. The molecule has 0 unspecified atom stereocenters. The van der Waals surface area contributed by atoms with Crippen molar-refractivity contribution in [3.8, 4) is 6.07 Å². The van der Waals surface area contributed by atoms with Crippen LogP contribution in [0.2, 0.25) is 0 Å². The number of benzene rings is 3. The zero-order valence-electron chi connectivity index (χ0n) is 20.1. The summed E-state index contributed by atoms with van der Waals surface area (Å²) >= 11 is 2.00. The van der Waals surface area contributed by atoms with Gasteiger partial charge in [-0.3, -0.25) is 0 Å². The number of para-hydroxylation sites is 2. The van der Waals surface area contributed by atoms with Crippen molar-refractivity contribution in [3.63, 3.8) is 0 Å². The van der Waals surface area contributed by atoms with Crippen molar-refractivity contribution >= 4 is 87.5 Å². The molecule has 6 rings (SSSR count). The Labute approximate surface area is 227 Å².